The first-order valence-electron chi connectivity index (χ1n) is 10.8. The van der Waals surface area contributed by atoms with E-state index in [1.54, 1.807) is 0 Å². The number of halogens is 4. The molecule has 3 rings (SSSR count). The quantitative estimate of drug-likeness (QED) is 0.435. The number of aromatic nitrogens is 2. The number of nitrogen functional groups attached to an aromatic ring is 1. The molecule has 1 fully saturated rings. The van der Waals surface area contributed by atoms with Crippen LogP contribution in [0.2, 0.25) is 0 Å². The van der Waals surface area contributed by atoms with Crippen molar-refractivity contribution in [3.63, 3.8) is 0 Å². The molecule has 36 heavy (non-hydrogen) atoms. The van der Waals surface area contributed by atoms with Gasteiger partial charge >= 0.3 is 6.18 Å². The number of carbonyl (C=O) groups excluding carboxylic acids is 2. The van der Waals surface area contributed by atoms with Crippen molar-refractivity contribution >= 4 is 27.7 Å². The second kappa shape index (κ2) is 11.2. The van der Waals surface area contributed by atoms with Gasteiger partial charge in [-0.15, -0.1) is 0 Å². The van der Waals surface area contributed by atoms with Crippen LogP contribution in [0.1, 0.15) is 36.2 Å². The highest BCUT2D eigenvalue weighted by Gasteiger charge is 2.37. The van der Waals surface area contributed by atoms with Crippen LogP contribution in [0.15, 0.2) is 30.5 Å². The van der Waals surface area contributed by atoms with Crippen LogP contribution >= 0.6 is 0 Å². The SMILES string of the molecule is Nc1cnc(CNC(=O)CN2CCCC[C@H](NS(=O)(=O)Cc3cccc(F)c3)C2=O)c(C(F)(F)F)n1. The van der Waals surface area contributed by atoms with E-state index in [2.05, 4.69) is 20.0 Å². The van der Waals surface area contributed by atoms with Gasteiger partial charge in [-0.3, -0.25) is 14.6 Å². The highest BCUT2D eigenvalue weighted by molar-refractivity contribution is 7.88. The topological polar surface area (TPSA) is 147 Å². The Morgan fingerprint density at radius 2 is 2.00 bits per heavy atom. The normalized spacial score (nSPS) is 17.1. The summed E-state index contributed by atoms with van der Waals surface area (Å²) in [6, 6.07) is 3.90. The molecule has 2 amide bonds. The summed E-state index contributed by atoms with van der Waals surface area (Å²) in [5, 5.41) is 2.27. The van der Waals surface area contributed by atoms with Crippen molar-refractivity contribution < 1.29 is 35.6 Å². The van der Waals surface area contributed by atoms with Crippen LogP contribution in [-0.4, -0.2) is 54.2 Å². The lowest BCUT2D eigenvalue weighted by atomic mass is 10.1. The minimum atomic E-state index is -4.83. The number of amides is 2. The molecule has 0 unspecified atom stereocenters. The number of benzene rings is 1. The van der Waals surface area contributed by atoms with Gasteiger partial charge in [-0.2, -0.15) is 13.2 Å². The number of nitrogens with two attached hydrogens (primary N) is 1. The third-order valence-corrected chi connectivity index (χ3v) is 6.63. The number of carbonyl (C=O) groups is 2. The highest BCUT2D eigenvalue weighted by Crippen LogP contribution is 2.30. The molecule has 2 heterocycles. The number of alkyl halides is 3. The molecule has 0 spiro atoms. The van der Waals surface area contributed by atoms with Crippen LogP contribution in [0.25, 0.3) is 0 Å². The van der Waals surface area contributed by atoms with Crippen LogP contribution in [0.3, 0.4) is 0 Å². The molecule has 0 aliphatic carbocycles. The third-order valence-electron chi connectivity index (χ3n) is 5.27. The molecule has 1 aromatic heterocycles. The van der Waals surface area contributed by atoms with Gasteiger partial charge in [-0.25, -0.2) is 22.5 Å². The van der Waals surface area contributed by atoms with Gasteiger partial charge in [0, 0.05) is 6.54 Å². The van der Waals surface area contributed by atoms with Gasteiger partial charge in [0.05, 0.1) is 30.7 Å². The molecule has 2 aromatic rings. The number of likely N-dealkylation sites (tertiary alicyclic amines) is 1. The minimum Gasteiger partial charge on any atom is -0.382 e. The zero-order chi connectivity index (χ0) is 26.5. The Bertz CT molecular complexity index is 1230. The first-order chi connectivity index (χ1) is 16.8. The fourth-order valence-corrected chi connectivity index (χ4v) is 5.03. The number of hydrogen-bond acceptors (Lipinski definition) is 7. The fourth-order valence-electron chi connectivity index (χ4n) is 3.67. The van der Waals surface area contributed by atoms with Crippen LogP contribution in [-0.2, 0) is 38.1 Å². The number of anilines is 1. The molecule has 0 saturated carbocycles. The maximum Gasteiger partial charge on any atom is 0.435 e. The summed E-state index contributed by atoms with van der Waals surface area (Å²) < 4.78 is 80.3. The molecule has 15 heteroatoms. The van der Waals surface area contributed by atoms with E-state index in [4.69, 9.17) is 5.73 Å². The standard InChI is InChI=1S/C21H24F4N6O4S/c22-14-5-3-4-13(8-14)12-36(34,35)30-15-6-1-2-7-31(20(15)33)11-18(32)28-9-16-19(21(23,24)25)29-17(26)10-27-16/h3-5,8,10,15,30H,1-2,6-7,9,11-12H2,(H2,26,29)(H,28,32)/t15-/m0/s1. The summed E-state index contributed by atoms with van der Waals surface area (Å²) in [5.74, 6) is -2.98. The summed E-state index contributed by atoms with van der Waals surface area (Å²) in [6.45, 7) is -0.943. The van der Waals surface area contributed by atoms with Crippen molar-refractivity contribution in [3.8, 4) is 0 Å². The second-order valence-corrected chi connectivity index (χ2v) is 9.93. The predicted molar refractivity (Wildman–Crippen MR) is 120 cm³/mol. The Morgan fingerprint density at radius 1 is 1.25 bits per heavy atom. The van der Waals surface area contributed by atoms with Crippen LogP contribution in [0, 0.1) is 5.82 Å². The number of nitrogens with one attached hydrogen (secondary N) is 2. The van der Waals surface area contributed by atoms with E-state index >= 15 is 0 Å². The maximum absolute atomic E-state index is 13.4. The van der Waals surface area contributed by atoms with Crippen molar-refractivity contribution in [2.45, 2.75) is 43.8 Å². The molecule has 0 radical (unpaired) electrons. The first kappa shape index (κ1) is 27.3. The number of sulfonamides is 1. The molecule has 10 nitrogen and oxygen atoms in total. The maximum atomic E-state index is 13.4. The largest absolute Gasteiger partial charge is 0.435 e. The molecule has 1 aliphatic rings. The Hall–Kier alpha value is -3.33. The Kier molecular flexibility index (Phi) is 8.45. The van der Waals surface area contributed by atoms with Crippen molar-refractivity contribution in [3.05, 3.63) is 53.2 Å². The lowest BCUT2D eigenvalue weighted by Gasteiger charge is -2.24. The van der Waals surface area contributed by atoms with E-state index < -0.39 is 75.9 Å². The van der Waals surface area contributed by atoms with Crippen LogP contribution in [0.4, 0.5) is 23.4 Å². The van der Waals surface area contributed by atoms with Gasteiger partial charge < -0.3 is 16.0 Å². The van der Waals surface area contributed by atoms with E-state index in [0.29, 0.717) is 12.8 Å². The van der Waals surface area contributed by atoms with E-state index in [1.165, 1.54) is 18.2 Å². The molecular weight excluding hydrogens is 508 g/mol. The van der Waals surface area contributed by atoms with Gasteiger partial charge in [0.2, 0.25) is 21.8 Å². The van der Waals surface area contributed by atoms with Gasteiger partial charge in [0.1, 0.15) is 17.7 Å². The summed E-state index contributed by atoms with van der Waals surface area (Å²) in [6.07, 6.45) is -2.74. The summed E-state index contributed by atoms with van der Waals surface area (Å²) in [5.41, 5.74) is 3.59. The van der Waals surface area contributed by atoms with Gasteiger partial charge in [0.15, 0.2) is 5.69 Å². The Labute approximate surface area is 204 Å². The van der Waals surface area contributed by atoms with Crippen molar-refractivity contribution in [2.75, 3.05) is 18.8 Å². The molecular formula is C21H24F4N6O4S. The van der Waals surface area contributed by atoms with Crippen molar-refractivity contribution in [1.29, 1.82) is 0 Å². The van der Waals surface area contributed by atoms with Crippen molar-refractivity contribution in [1.82, 2.24) is 24.9 Å². The highest BCUT2D eigenvalue weighted by atomic mass is 32.2. The van der Waals surface area contributed by atoms with E-state index in [1.807, 2.05) is 0 Å². The predicted octanol–water partition coefficient (Wildman–Crippen LogP) is 1.33. The Morgan fingerprint density at radius 3 is 2.69 bits per heavy atom. The molecule has 0 bridgehead atoms. The summed E-state index contributed by atoms with van der Waals surface area (Å²) >= 11 is 0. The van der Waals surface area contributed by atoms with E-state index in [0.717, 1.165) is 17.2 Å². The van der Waals surface area contributed by atoms with Crippen LogP contribution < -0.4 is 15.8 Å². The van der Waals surface area contributed by atoms with Crippen molar-refractivity contribution in [2.24, 2.45) is 0 Å². The fraction of sp³-hybridized carbons (Fsp3) is 0.429. The molecule has 1 saturated heterocycles. The van der Waals surface area contributed by atoms with E-state index in [-0.39, 0.29) is 18.5 Å². The van der Waals surface area contributed by atoms with Crippen LogP contribution in [0.5, 0.6) is 0 Å². The van der Waals surface area contributed by atoms with Gasteiger partial charge in [0.25, 0.3) is 0 Å². The number of rotatable bonds is 8. The average molecular weight is 533 g/mol. The lowest BCUT2D eigenvalue weighted by molar-refractivity contribution is -0.142. The average Bonchev–Trinajstić information content (AvgIpc) is 2.93. The smallest absolute Gasteiger partial charge is 0.382 e. The zero-order valence-corrected chi connectivity index (χ0v) is 19.7. The number of nitrogens with zero attached hydrogens (tertiary/aromatic N) is 3. The molecule has 1 aromatic carbocycles. The lowest BCUT2D eigenvalue weighted by Crippen LogP contribution is -2.50. The summed E-state index contributed by atoms with van der Waals surface area (Å²) in [7, 11) is -4.02. The number of hydrogen-bond donors (Lipinski definition) is 3. The Balaban J connectivity index is 1.62. The molecule has 4 N–H and O–H groups in total. The minimum absolute atomic E-state index is 0.157. The molecule has 196 valence electrons. The third kappa shape index (κ3) is 7.58. The van der Waals surface area contributed by atoms with Gasteiger partial charge in [-0.05, 0) is 37.0 Å². The second-order valence-electron chi connectivity index (χ2n) is 8.18. The molecule has 1 aliphatic heterocycles. The van der Waals surface area contributed by atoms with E-state index in [9.17, 15) is 35.6 Å². The molecule has 1 atom stereocenters. The first-order valence-corrected chi connectivity index (χ1v) is 12.5. The summed E-state index contributed by atoms with van der Waals surface area (Å²) in [4.78, 5) is 33.3. The monoisotopic (exact) mass is 532 g/mol. The van der Waals surface area contributed by atoms with Gasteiger partial charge in [-0.1, -0.05) is 12.1 Å². The zero-order valence-electron chi connectivity index (χ0n) is 18.9.